The smallest absolute Gasteiger partial charge is 0.230 e. The Morgan fingerprint density at radius 1 is 1.28 bits per heavy atom. The Morgan fingerprint density at radius 3 is 2.72 bits per heavy atom. The van der Waals surface area contributed by atoms with E-state index < -0.39 is 0 Å². The van der Waals surface area contributed by atoms with Gasteiger partial charge in [-0.2, -0.15) is 5.10 Å². The van der Waals surface area contributed by atoms with E-state index in [1.54, 1.807) is 0 Å². The van der Waals surface area contributed by atoms with Crippen molar-refractivity contribution in [1.82, 2.24) is 29.8 Å². The number of rotatable bonds is 7. The molecule has 1 fully saturated rings. The van der Waals surface area contributed by atoms with Crippen molar-refractivity contribution in [2.24, 2.45) is 13.0 Å². The second-order valence-electron chi connectivity index (χ2n) is 7.06. The highest BCUT2D eigenvalue weighted by molar-refractivity contribution is 5.13. The minimum absolute atomic E-state index is 0.434. The summed E-state index contributed by atoms with van der Waals surface area (Å²) in [5, 5.41) is 12.6. The molecule has 7 heteroatoms. The topological polar surface area (TPSA) is 63.2 Å². The molecule has 7 nitrogen and oxygen atoms in total. The highest BCUT2D eigenvalue weighted by atomic mass is 16.4. The summed E-state index contributed by atoms with van der Waals surface area (Å²) in [5.74, 6) is 2.00. The third kappa shape index (κ3) is 4.27. The van der Waals surface area contributed by atoms with Crippen LogP contribution in [0.3, 0.4) is 0 Å². The Hall–Kier alpha value is -1.73. The lowest BCUT2D eigenvalue weighted by molar-refractivity contribution is 0.0730. The molecule has 0 saturated carbocycles. The van der Waals surface area contributed by atoms with Gasteiger partial charge in [-0.3, -0.25) is 14.5 Å². The minimum Gasteiger partial charge on any atom is -0.424 e. The Morgan fingerprint density at radius 2 is 2.08 bits per heavy atom. The van der Waals surface area contributed by atoms with E-state index >= 15 is 0 Å². The molecule has 25 heavy (non-hydrogen) atoms. The monoisotopic (exact) mass is 346 g/mol. The third-order valence-electron chi connectivity index (χ3n) is 5.10. The van der Waals surface area contributed by atoms with Crippen LogP contribution >= 0.6 is 0 Å². The van der Waals surface area contributed by atoms with Crippen molar-refractivity contribution >= 4 is 0 Å². The average Bonchev–Trinajstić information content (AvgIpc) is 3.23. The number of nitrogens with zero attached hydrogens (tertiary/aromatic N) is 6. The van der Waals surface area contributed by atoms with Gasteiger partial charge in [0.05, 0.1) is 12.7 Å². The zero-order chi connectivity index (χ0) is 17.8. The van der Waals surface area contributed by atoms with Gasteiger partial charge in [0.25, 0.3) is 0 Å². The quantitative estimate of drug-likeness (QED) is 0.766. The van der Waals surface area contributed by atoms with Crippen molar-refractivity contribution in [3.63, 3.8) is 0 Å². The van der Waals surface area contributed by atoms with Crippen LogP contribution in [0.15, 0.2) is 16.8 Å². The average molecular weight is 346 g/mol. The van der Waals surface area contributed by atoms with Crippen molar-refractivity contribution < 1.29 is 4.42 Å². The number of piperidine rings is 1. The third-order valence-corrected chi connectivity index (χ3v) is 5.10. The first-order valence-electron chi connectivity index (χ1n) is 9.33. The van der Waals surface area contributed by atoms with Crippen LogP contribution in [0.1, 0.15) is 50.1 Å². The van der Waals surface area contributed by atoms with Gasteiger partial charge in [-0.25, -0.2) is 0 Å². The maximum atomic E-state index is 5.66. The number of hydrogen-bond donors (Lipinski definition) is 0. The van der Waals surface area contributed by atoms with Crippen LogP contribution in [0, 0.1) is 5.92 Å². The van der Waals surface area contributed by atoms with E-state index in [2.05, 4.69) is 45.3 Å². The summed E-state index contributed by atoms with van der Waals surface area (Å²) in [6.45, 7) is 8.24. The van der Waals surface area contributed by atoms with Crippen LogP contribution < -0.4 is 0 Å². The molecule has 2 aromatic rings. The molecule has 0 aromatic carbocycles. The molecular weight excluding hydrogens is 316 g/mol. The van der Waals surface area contributed by atoms with E-state index in [0.717, 1.165) is 19.5 Å². The fourth-order valence-corrected chi connectivity index (χ4v) is 3.96. The predicted molar refractivity (Wildman–Crippen MR) is 95.9 cm³/mol. The van der Waals surface area contributed by atoms with Crippen LogP contribution in [0.4, 0.5) is 0 Å². The summed E-state index contributed by atoms with van der Waals surface area (Å²) in [6, 6.07) is 0.434. The van der Waals surface area contributed by atoms with Gasteiger partial charge in [0.2, 0.25) is 11.8 Å². The van der Waals surface area contributed by atoms with Gasteiger partial charge >= 0.3 is 0 Å². The molecule has 138 valence electrons. The van der Waals surface area contributed by atoms with E-state index in [0.29, 0.717) is 30.3 Å². The van der Waals surface area contributed by atoms with E-state index in [-0.39, 0.29) is 0 Å². The first kappa shape index (κ1) is 18.1. The molecule has 1 saturated heterocycles. The standard InChI is InChI=1S/C18H30N6O/c1-5-16-20-21-17(25-16)13-22(3)11-14-8-7-9-24(6-2)18(14)15-10-19-23(4)12-15/h10,12,14,18H,5-9,11,13H2,1-4H3/t14-,18+/m0/s1. The molecule has 0 bridgehead atoms. The van der Waals surface area contributed by atoms with Gasteiger partial charge < -0.3 is 4.42 Å². The molecule has 0 N–H and O–H groups in total. The van der Waals surface area contributed by atoms with Crippen LogP contribution in [0.5, 0.6) is 0 Å². The van der Waals surface area contributed by atoms with Crippen LogP contribution in [-0.4, -0.2) is 56.5 Å². The minimum atomic E-state index is 0.434. The van der Waals surface area contributed by atoms with Crippen molar-refractivity contribution in [1.29, 1.82) is 0 Å². The van der Waals surface area contributed by atoms with Gasteiger partial charge in [-0.1, -0.05) is 13.8 Å². The highest BCUT2D eigenvalue weighted by Crippen LogP contribution is 2.36. The molecular formula is C18H30N6O. The second-order valence-corrected chi connectivity index (χ2v) is 7.06. The largest absolute Gasteiger partial charge is 0.424 e. The number of aromatic nitrogens is 4. The lowest BCUT2D eigenvalue weighted by Gasteiger charge is -2.41. The van der Waals surface area contributed by atoms with Crippen LogP contribution in [0.2, 0.25) is 0 Å². The van der Waals surface area contributed by atoms with E-state index in [1.807, 2.05) is 24.9 Å². The van der Waals surface area contributed by atoms with Crippen LogP contribution in [-0.2, 0) is 20.0 Å². The molecule has 0 aliphatic carbocycles. The van der Waals surface area contributed by atoms with Gasteiger partial charge in [-0.15, -0.1) is 10.2 Å². The Bertz CT molecular complexity index is 666. The molecule has 3 heterocycles. The Balaban J connectivity index is 1.69. The Labute approximate surface area is 150 Å². The predicted octanol–water partition coefficient (Wildman–Crippen LogP) is 2.27. The zero-order valence-electron chi connectivity index (χ0n) is 15.9. The van der Waals surface area contributed by atoms with E-state index in [1.165, 1.54) is 24.9 Å². The van der Waals surface area contributed by atoms with Crippen molar-refractivity contribution in [2.45, 2.75) is 45.7 Å². The van der Waals surface area contributed by atoms with Gasteiger partial charge in [0.1, 0.15) is 0 Å². The van der Waals surface area contributed by atoms with Gasteiger partial charge in [0, 0.05) is 37.8 Å². The molecule has 2 aromatic heterocycles. The fourth-order valence-electron chi connectivity index (χ4n) is 3.96. The maximum Gasteiger partial charge on any atom is 0.230 e. The number of hydrogen-bond acceptors (Lipinski definition) is 6. The molecule has 1 aliphatic heterocycles. The Kier molecular flexibility index (Phi) is 5.86. The molecule has 3 rings (SSSR count). The summed E-state index contributed by atoms with van der Waals surface area (Å²) in [6.07, 6.45) is 7.47. The molecule has 0 unspecified atom stereocenters. The lowest BCUT2D eigenvalue weighted by Crippen LogP contribution is -2.42. The first-order valence-corrected chi connectivity index (χ1v) is 9.33. The van der Waals surface area contributed by atoms with Crippen molar-refractivity contribution in [2.75, 3.05) is 26.7 Å². The zero-order valence-corrected chi connectivity index (χ0v) is 15.9. The molecule has 0 radical (unpaired) electrons. The normalized spacial score (nSPS) is 22.0. The molecule has 2 atom stereocenters. The first-order chi connectivity index (χ1) is 12.1. The summed E-state index contributed by atoms with van der Waals surface area (Å²) in [4.78, 5) is 4.89. The lowest BCUT2D eigenvalue weighted by atomic mass is 9.85. The summed E-state index contributed by atoms with van der Waals surface area (Å²) < 4.78 is 7.57. The maximum absolute atomic E-state index is 5.66. The summed E-state index contributed by atoms with van der Waals surface area (Å²) in [7, 11) is 4.13. The summed E-state index contributed by atoms with van der Waals surface area (Å²) >= 11 is 0. The van der Waals surface area contributed by atoms with Crippen molar-refractivity contribution in [3.05, 3.63) is 29.7 Å². The van der Waals surface area contributed by atoms with Gasteiger partial charge in [0.15, 0.2) is 0 Å². The fraction of sp³-hybridized carbons (Fsp3) is 0.722. The number of likely N-dealkylation sites (tertiary alicyclic amines) is 1. The molecule has 1 aliphatic rings. The second kappa shape index (κ2) is 8.10. The molecule has 0 spiro atoms. The van der Waals surface area contributed by atoms with E-state index in [9.17, 15) is 0 Å². The van der Waals surface area contributed by atoms with E-state index in [4.69, 9.17) is 4.42 Å². The molecule has 0 amide bonds. The highest BCUT2D eigenvalue weighted by Gasteiger charge is 2.33. The SMILES string of the molecule is CCc1nnc(CN(C)C[C@@H]2CCCN(CC)[C@H]2c2cnn(C)c2)o1. The van der Waals surface area contributed by atoms with Crippen LogP contribution in [0.25, 0.3) is 0 Å². The van der Waals surface area contributed by atoms with Crippen molar-refractivity contribution in [3.8, 4) is 0 Å². The number of aryl methyl sites for hydroxylation is 2. The van der Waals surface area contributed by atoms with Gasteiger partial charge in [-0.05, 0) is 38.9 Å². The summed E-state index contributed by atoms with van der Waals surface area (Å²) in [5.41, 5.74) is 1.33.